The summed E-state index contributed by atoms with van der Waals surface area (Å²) in [7, 11) is -0.419. The molecule has 26 heavy (non-hydrogen) atoms. The second-order valence-corrected chi connectivity index (χ2v) is 14.3. The largest absolute Gasteiger partial charge is 0.469 e. The smallest absolute Gasteiger partial charge is 0.305 e. The Labute approximate surface area is 159 Å². The molecule has 0 saturated heterocycles. The molecule has 0 heterocycles. The topological polar surface area (TPSA) is 52.6 Å². The third-order valence-electron chi connectivity index (χ3n) is 6.74. The van der Waals surface area contributed by atoms with Crippen LogP contribution in [0.5, 0.6) is 0 Å². The molecule has 0 aromatic heterocycles. The Hall–Kier alpha value is -0.943. The highest BCUT2D eigenvalue weighted by Crippen LogP contribution is 2.52. The van der Waals surface area contributed by atoms with Crippen molar-refractivity contribution in [3.63, 3.8) is 0 Å². The molecule has 2 aliphatic carbocycles. The maximum atomic E-state index is 11.8. The van der Waals surface area contributed by atoms with Crippen molar-refractivity contribution in [3.8, 4) is 0 Å². The van der Waals surface area contributed by atoms with Crippen LogP contribution in [0, 0.1) is 17.8 Å². The van der Waals surface area contributed by atoms with Gasteiger partial charge in [0, 0.05) is 12.3 Å². The summed E-state index contributed by atoms with van der Waals surface area (Å²) >= 11 is 0. The highest BCUT2D eigenvalue weighted by Gasteiger charge is 2.50. The zero-order valence-corrected chi connectivity index (χ0v) is 18.3. The molecular weight excluding hydrogens is 344 g/mol. The van der Waals surface area contributed by atoms with Crippen molar-refractivity contribution in [2.24, 2.45) is 17.8 Å². The highest BCUT2D eigenvalue weighted by atomic mass is 28.4. The van der Waals surface area contributed by atoms with Crippen LogP contribution in [-0.4, -0.2) is 33.8 Å². The summed E-state index contributed by atoms with van der Waals surface area (Å²) in [6.07, 6.45) is 8.89. The van der Waals surface area contributed by atoms with Gasteiger partial charge < -0.3 is 14.0 Å². The minimum Gasteiger partial charge on any atom is -0.469 e. The van der Waals surface area contributed by atoms with Crippen LogP contribution in [-0.2, 0) is 18.8 Å². The van der Waals surface area contributed by atoms with Gasteiger partial charge >= 0.3 is 5.97 Å². The number of esters is 1. The predicted octanol–water partition coefficient (Wildman–Crippen LogP) is 4.89. The van der Waals surface area contributed by atoms with E-state index in [2.05, 4.69) is 44.7 Å². The number of ether oxygens (including phenoxy) is 1. The molecule has 5 heteroatoms. The molecule has 0 aromatic carbocycles. The van der Waals surface area contributed by atoms with Crippen LogP contribution in [0.2, 0.25) is 18.1 Å². The molecule has 0 N–H and O–H groups in total. The summed E-state index contributed by atoms with van der Waals surface area (Å²) in [6.45, 7) is 11.3. The Morgan fingerprint density at radius 1 is 1.27 bits per heavy atom. The maximum absolute atomic E-state index is 11.8. The van der Waals surface area contributed by atoms with Crippen LogP contribution >= 0.6 is 0 Å². The maximum Gasteiger partial charge on any atom is 0.305 e. The van der Waals surface area contributed by atoms with E-state index in [9.17, 15) is 9.59 Å². The molecule has 0 amide bonds. The van der Waals surface area contributed by atoms with Crippen molar-refractivity contribution in [2.45, 2.75) is 83.5 Å². The van der Waals surface area contributed by atoms with Gasteiger partial charge in [0.1, 0.15) is 6.29 Å². The van der Waals surface area contributed by atoms with Gasteiger partial charge in [-0.3, -0.25) is 4.79 Å². The van der Waals surface area contributed by atoms with Crippen molar-refractivity contribution in [1.29, 1.82) is 0 Å². The lowest BCUT2D eigenvalue weighted by Gasteiger charge is -2.39. The standard InChI is InChI=1S/C21H36O4Si/c1-21(2,3)26(5,6)25-19-13-16-11-15(12-17(16)18(19)14-22)9-7-8-10-20(23)24-4/h9,14,16-19H,7-8,10-13H2,1-6H3/b15-9+/t16-,17-,18?,19?/m1/s1. The number of aldehydes is 1. The normalized spacial score (nSPS) is 30.5. The Morgan fingerprint density at radius 2 is 1.96 bits per heavy atom. The molecule has 0 radical (unpaired) electrons. The molecule has 4 atom stereocenters. The molecule has 2 rings (SSSR count). The van der Waals surface area contributed by atoms with Gasteiger partial charge in [0.2, 0.25) is 0 Å². The number of hydrogen-bond acceptors (Lipinski definition) is 4. The molecule has 0 aromatic rings. The molecule has 0 spiro atoms. The van der Waals surface area contributed by atoms with E-state index < -0.39 is 8.32 Å². The fraction of sp³-hybridized carbons (Fsp3) is 0.810. The van der Waals surface area contributed by atoms with Gasteiger partial charge in [0.15, 0.2) is 8.32 Å². The van der Waals surface area contributed by atoms with E-state index in [-0.39, 0.29) is 23.0 Å². The third-order valence-corrected chi connectivity index (χ3v) is 11.2. The van der Waals surface area contributed by atoms with Gasteiger partial charge in [0.25, 0.3) is 0 Å². The van der Waals surface area contributed by atoms with E-state index in [1.807, 2.05) is 0 Å². The SMILES string of the molecule is COC(=O)CCC/C=C1\C[C@@H]2CC(O[Si](C)(C)C(C)(C)C)C(C=O)[C@@H]2C1. The molecule has 2 saturated carbocycles. The number of rotatable bonds is 7. The summed E-state index contributed by atoms with van der Waals surface area (Å²) in [5.41, 5.74) is 1.46. The number of allylic oxidation sites excluding steroid dienone is 2. The fourth-order valence-electron chi connectivity index (χ4n) is 4.17. The van der Waals surface area contributed by atoms with Crippen molar-refractivity contribution >= 4 is 20.6 Å². The Morgan fingerprint density at radius 3 is 2.54 bits per heavy atom. The first-order valence-electron chi connectivity index (χ1n) is 9.97. The number of hydrogen-bond donors (Lipinski definition) is 0. The van der Waals surface area contributed by atoms with Crippen molar-refractivity contribution in [3.05, 3.63) is 11.6 Å². The molecule has 0 bridgehead atoms. The number of fused-ring (bicyclic) bond motifs is 1. The lowest BCUT2D eigenvalue weighted by Crippen LogP contribution is -2.45. The average molecular weight is 381 g/mol. The zero-order valence-electron chi connectivity index (χ0n) is 17.3. The molecule has 4 nitrogen and oxygen atoms in total. The zero-order chi connectivity index (χ0) is 19.5. The van der Waals surface area contributed by atoms with Crippen LogP contribution in [0.3, 0.4) is 0 Å². The second kappa shape index (κ2) is 8.38. The van der Waals surface area contributed by atoms with Crippen molar-refractivity contribution in [2.75, 3.05) is 7.11 Å². The van der Waals surface area contributed by atoms with E-state index in [1.165, 1.54) is 12.7 Å². The van der Waals surface area contributed by atoms with E-state index in [0.29, 0.717) is 18.3 Å². The Bertz CT molecular complexity index is 547. The Kier molecular flexibility index (Phi) is 6.89. The first kappa shape index (κ1) is 21.4. The van der Waals surface area contributed by atoms with Crippen molar-refractivity contribution in [1.82, 2.24) is 0 Å². The summed E-state index contributed by atoms with van der Waals surface area (Å²) in [5.74, 6) is 0.911. The number of methoxy groups -OCH3 is 1. The third kappa shape index (κ3) is 4.86. The van der Waals surface area contributed by atoms with Crippen LogP contribution in [0.1, 0.15) is 59.3 Å². The highest BCUT2D eigenvalue weighted by molar-refractivity contribution is 6.74. The summed E-state index contributed by atoms with van der Waals surface area (Å²) < 4.78 is 11.3. The average Bonchev–Trinajstić information content (AvgIpc) is 3.06. The molecule has 2 aliphatic rings. The summed E-state index contributed by atoms with van der Waals surface area (Å²) in [6, 6.07) is 0. The summed E-state index contributed by atoms with van der Waals surface area (Å²) in [4.78, 5) is 23.0. The van der Waals surface area contributed by atoms with E-state index in [4.69, 9.17) is 4.43 Å². The quantitative estimate of drug-likeness (QED) is 0.207. The van der Waals surface area contributed by atoms with Crippen LogP contribution in [0.15, 0.2) is 11.6 Å². The van der Waals surface area contributed by atoms with Gasteiger partial charge in [-0.1, -0.05) is 32.4 Å². The molecular formula is C21H36O4Si. The van der Waals surface area contributed by atoms with E-state index in [1.54, 1.807) is 0 Å². The minimum atomic E-state index is -1.85. The van der Waals surface area contributed by atoms with Gasteiger partial charge in [-0.15, -0.1) is 0 Å². The van der Waals surface area contributed by atoms with Crippen molar-refractivity contribution < 1.29 is 18.8 Å². The molecule has 2 unspecified atom stereocenters. The first-order valence-corrected chi connectivity index (χ1v) is 12.9. The number of carbonyl (C=O) groups is 2. The van der Waals surface area contributed by atoms with Crippen LogP contribution in [0.4, 0.5) is 0 Å². The molecule has 0 aliphatic heterocycles. The summed E-state index contributed by atoms with van der Waals surface area (Å²) in [5, 5.41) is 0.169. The van der Waals surface area contributed by atoms with E-state index in [0.717, 1.165) is 38.4 Å². The lowest BCUT2D eigenvalue weighted by atomic mass is 9.92. The Balaban J connectivity index is 1.92. The van der Waals surface area contributed by atoms with Gasteiger partial charge in [-0.05, 0) is 62.1 Å². The first-order chi connectivity index (χ1) is 12.1. The van der Waals surface area contributed by atoms with E-state index >= 15 is 0 Å². The lowest BCUT2D eigenvalue weighted by molar-refractivity contribution is -0.140. The minimum absolute atomic E-state index is 0.0371. The molecule has 148 valence electrons. The number of unbranched alkanes of at least 4 members (excludes halogenated alkanes) is 1. The van der Waals surface area contributed by atoms with Gasteiger partial charge in [0.05, 0.1) is 13.2 Å². The molecule has 2 fully saturated rings. The van der Waals surface area contributed by atoms with Crippen LogP contribution in [0.25, 0.3) is 0 Å². The van der Waals surface area contributed by atoms with Crippen LogP contribution < -0.4 is 0 Å². The predicted molar refractivity (Wildman–Crippen MR) is 106 cm³/mol. The second-order valence-electron chi connectivity index (χ2n) is 9.53. The number of carbonyl (C=O) groups excluding carboxylic acids is 2. The van der Waals surface area contributed by atoms with Gasteiger partial charge in [-0.2, -0.15) is 0 Å². The fourth-order valence-corrected chi connectivity index (χ4v) is 5.54. The van der Waals surface area contributed by atoms with Gasteiger partial charge in [-0.25, -0.2) is 0 Å². The monoisotopic (exact) mass is 380 g/mol.